The molecule has 1 heterocycles. The van der Waals surface area contributed by atoms with Crippen LogP contribution in [-0.2, 0) is 9.53 Å². The highest BCUT2D eigenvalue weighted by Crippen LogP contribution is 2.29. The molecule has 0 aromatic heterocycles. The molecule has 1 saturated carbocycles. The van der Waals surface area contributed by atoms with Crippen molar-refractivity contribution < 1.29 is 9.53 Å². The van der Waals surface area contributed by atoms with Gasteiger partial charge in [0.15, 0.2) is 0 Å². The van der Waals surface area contributed by atoms with Crippen molar-refractivity contribution in [1.29, 1.82) is 0 Å². The van der Waals surface area contributed by atoms with Crippen LogP contribution in [0.25, 0.3) is 0 Å². The summed E-state index contributed by atoms with van der Waals surface area (Å²) in [5.41, 5.74) is 0. The molecule has 0 N–H and O–H groups in total. The van der Waals surface area contributed by atoms with Gasteiger partial charge in [-0.3, -0.25) is 4.79 Å². The maximum absolute atomic E-state index is 11.7. The Morgan fingerprint density at radius 3 is 2.77 bits per heavy atom. The van der Waals surface area contributed by atoms with Gasteiger partial charge in [-0.05, 0) is 31.6 Å². The quantitative estimate of drug-likeness (QED) is 0.654. The maximum atomic E-state index is 11.7. The fraction of sp³-hybridized carbons (Fsp3) is 0.900. The third-order valence-electron chi connectivity index (χ3n) is 2.81. The number of ether oxygens (including phenoxy) is 1. The molecule has 0 aromatic carbocycles. The van der Waals surface area contributed by atoms with Gasteiger partial charge in [0.2, 0.25) is 0 Å². The lowest BCUT2D eigenvalue weighted by atomic mass is 10.2. The Bertz CT molecular complexity index is 195. The molecule has 3 nitrogen and oxygen atoms in total. The molecule has 1 saturated heterocycles. The first-order valence-electron chi connectivity index (χ1n) is 5.14. The average Bonchev–Trinajstić information content (AvgIpc) is 2.78. The average molecular weight is 183 g/mol. The third kappa shape index (κ3) is 2.21. The van der Waals surface area contributed by atoms with Gasteiger partial charge >= 0.3 is 0 Å². The number of rotatable bonds is 3. The van der Waals surface area contributed by atoms with Crippen LogP contribution in [0.1, 0.15) is 25.7 Å². The first-order valence-corrected chi connectivity index (χ1v) is 5.14. The zero-order valence-electron chi connectivity index (χ0n) is 8.16. The van der Waals surface area contributed by atoms with Crippen molar-refractivity contribution in [2.45, 2.75) is 31.8 Å². The molecule has 1 atom stereocenters. The topological polar surface area (TPSA) is 29.5 Å². The SMILES string of the molecule is CN(CC1CC1)C(=O)C1CCCO1. The lowest BCUT2D eigenvalue weighted by Gasteiger charge is -2.20. The molecule has 0 bridgehead atoms. The van der Waals surface area contributed by atoms with Crippen LogP contribution in [0.5, 0.6) is 0 Å². The molecule has 3 heteroatoms. The predicted molar refractivity (Wildman–Crippen MR) is 49.3 cm³/mol. The van der Waals surface area contributed by atoms with Crippen molar-refractivity contribution in [3.8, 4) is 0 Å². The predicted octanol–water partition coefficient (Wildman–Crippen LogP) is 1.03. The minimum absolute atomic E-state index is 0.135. The zero-order chi connectivity index (χ0) is 9.26. The summed E-state index contributed by atoms with van der Waals surface area (Å²) in [6.07, 6.45) is 4.40. The van der Waals surface area contributed by atoms with Gasteiger partial charge in [-0.15, -0.1) is 0 Å². The highest BCUT2D eigenvalue weighted by molar-refractivity contribution is 5.80. The number of carbonyl (C=O) groups is 1. The first-order chi connectivity index (χ1) is 6.27. The molecule has 0 aromatic rings. The van der Waals surface area contributed by atoms with E-state index < -0.39 is 0 Å². The van der Waals surface area contributed by atoms with Crippen LogP contribution in [0.2, 0.25) is 0 Å². The van der Waals surface area contributed by atoms with E-state index >= 15 is 0 Å². The van der Waals surface area contributed by atoms with E-state index in [1.54, 1.807) is 0 Å². The Morgan fingerprint density at radius 2 is 2.23 bits per heavy atom. The van der Waals surface area contributed by atoms with E-state index in [2.05, 4.69) is 0 Å². The fourth-order valence-electron chi connectivity index (χ4n) is 1.80. The highest BCUT2D eigenvalue weighted by Gasteiger charge is 2.30. The second-order valence-corrected chi connectivity index (χ2v) is 4.16. The molecule has 0 spiro atoms. The van der Waals surface area contributed by atoms with E-state index in [1.165, 1.54) is 12.8 Å². The molecule has 1 unspecified atom stereocenters. The van der Waals surface area contributed by atoms with Crippen molar-refractivity contribution in [3.63, 3.8) is 0 Å². The Kier molecular flexibility index (Phi) is 2.54. The van der Waals surface area contributed by atoms with Crippen molar-refractivity contribution in [2.75, 3.05) is 20.2 Å². The minimum atomic E-state index is -0.135. The number of hydrogen-bond acceptors (Lipinski definition) is 2. The van der Waals surface area contributed by atoms with Crippen LogP contribution in [0.3, 0.4) is 0 Å². The lowest BCUT2D eigenvalue weighted by Crippen LogP contribution is -2.37. The molecule has 74 valence electrons. The third-order valence-corrected chi connectivity index (χ3v) is 2.81. The smallest absolute Gasteiger partial charge is 0.251 e. The Balaban J connectivity index is 1.79. The summed E-state index contributed by atoms with van der Waals surface area (Å²) in [4.78, 5) is 13.6. The lowest BCUT2D eigenvalue weighted by molar-refractivity contribution is -0.139. The van der Waals surface area contributed by atoms with Crippen LogP contribution < -0.4 is 0 Å². The summed E-state index contributed by atoms with van der Waals surface area (Å²) in [5.74, 6) is 0.958. The zero-order valence-corrected chi connectivity index (χ0v) is 8.16. The number of hydrogen-bond donors (Lipinski definition) is 0. The van der Waals surface area contributed by atoms with Gasteiger partial charge in [0.1, 0.15) is 6.10 Å². The minimum Gasteiger partial charge on any atom is -0.368 e. The van der Waals surface area contributed by atoms with Crippen LogP contribution >= 0.6 is 0 Å². The molecule has 2 aliphatic rings. The van der Waals surface area contributed by atoms with E-state index in [1.807, 2.05) is 11.9 Å². The number of nitrogens with zero attached hydrogens (tertiary/aromatic N) is 1. The Hall–Kier alpha value is -0.570. The molecule has 1 amide bonds. The summed E-state index contributed by atoms with van der Waals surface area (Å²) < 4.78 is 5.35. The number of carbonyl (C=O) groups excluding carboxylic acids is 1. The van der Waals surface area contributed by atoms with E-state index in [-0.39, 0.29) is 12.0 Å². The summed E-state index contributed by atoms with van der Waals surface area (Å²) in [6, 6.07) is 0. The number of amides is 1. The molecular formula is C10H17NO2. The normalized spacial score (nSPS) is 27.6. The van der Waals surface area contributed by atoms with Gasteiger partial charge in [0.05, 0.1) is 0 Å². The van der Waals surface area contributed by atoms with Crippen molar-refractivity contribution in [3.05, 3.63) is 0 Å². The number of likely N-dealkylation sites (N-methyl/N-ethyl adjacent to an activating group) is 1. The van der Waals surface area contributed by atoms with Gasteiger partial charge in [0.25, 0.3) is 5.91 Å². The van der Waals surface area contributed by atoms with Crippen molar-refractivity contribution >= 4 is 5.91 Å². The van der Waals surface area contributed by atoms with E-state index in [0.29, 0.717) is 0 Å². The van der Waals surface area contributed by atoms with Crippen LogP contribution in [-0.4, -0.2) is 37.1 Å². The molecule has 0 radical (unpaired) electrons. The largest absolute Gasteiger partial charge is 0.368 e. The van der Waals surface area contributed by atoms with Gasteiger partial charge in [0, 0.05) is 20.2 Å². The monoisotopic (exact) mass is 183 g/mol. The van der Waals surface area contributed by atoms with Crippen molar-refractivity contribution in [1.82, 2.24) is 4.90 Å². The van der Waals surface area contributed by atoms with E-state index in [9.17, 15) is 4.79 Å². The Morgan fingerprint density at radius 1 is 1.46 bits per heavy atom. The van der Waals surface area contributed by atoms with Crippen molar-refractivity contribution in [2.24, 2.45) is 5.92 Å². The van der Waals surface area contributed by atoms with Gasteiger partial charge in [-0.25, -0.2) is 0 Å². The molecule has 13 heavy (non-hydrogen) atoms. The van der Waals surface area contributed by atoms with Gasteiger partial charge < -0.3 is 9.64 Å². The van der Waals surface area contributed by atoms with Crippen LogP contribution in [0, 0.1) is 5.92 Å². The Labute approximate surface area is 79.0 Å². The molecular weight excluding hydrogens is 166 g/mol. The summed E-state index contributed by atoms with van der Waals surface area (Å²) in [6.45, 7) is 1.69. The molecule has 2 rings (SSSR count). The van der Waals surface area contributed by atoms with Crippen LogP contribution in [0.4, 0.5) is 0 Å². The summed E-state index contributed by atoms with van der Waals surface area (Å²) in [5, 5.41) is 0. The highest BCUT2D eigenvalue weighted by atomic mass is 16.5. The van der Waals surface area contributed by atoms with Gasteiger partial charge in [-0.2, -0.15) is 0 Å². The van der Waals surface area contributed by atoms with E-state index in [4.69, 9.17) is 4.74 Å². The van der Waals surface area contributed by atoms with E-state index in [0.717, 1.165) is 31.9 Å². The fourth-order valence-corrected chi connectivity index (χ4v) is 1.80. The standard InChI is InChI=1S/C10H17NO2/c1-11(7-8-4-5-8)10(12)9-3-2-6-13-9/h8-9H,2-7H2,1H3. The summed E-state index contributed by atoms with van der Waals surface area (Å²) in [7, 11) is 1.89. The second-order valence-electron chi connectivity index (χ2n) is 4.16. The second kappa shape index (κ2) is 3.66. The molecule has 1 aliphatic heterocycles. The van der Waals surface area contributed by atoms with Crippen LogP contribution in [0.15, 0.2) is 0 Å². The molecule has 2 fully saturated rings. The maximum Gasteiger partial charge on any atom is 0.251 e. The van der Waals surface area contributed by atoms with Gasteiger partial charge in [-0.1, -0.05) is 0 Å². The molecule has 1 aliphatic carbocycles. The summed E-state index contributed by atoms with van der Waals surface area (Å²) >= 11 is 0. The first kappa shape index (κ1) is 9.00.